The van der Waals surface area contributed by atoms with Crippen LogP contribution in [0.2, 0.25) is 0 Å². The van der Waals surface area contributed by atoms with Gasteiger partial charge in [0.2, 0.25) is 11.8 Å². The molecule has 4 heterocycles. The van der Waals surface area contributed by atoms with Crippen molar-refractivity contribution in [3.63, 3.8) is 0 Å². The number of aliphatic hydroxyl groups is 1. The Morgan fingerprint density at radius 1 is 1.24 bits per heavy atom. The molecule has 5 rings (SSSR count). The summed E-state index contributed by atoms with van der Waals surface area (Å²) in [6.07, 6.45) is 8.76. The van der Waals surface area contributed by atoms with Crippen LogP contribution in [0.25, 0.3) is 0 Å². The number of carbonyl (C=O) groups is 2. The summed E-state index contributed by atoms with van der Waals surface area (Å²) in [7, 11) is 0. The highest BCUT2D eigenvalue weighted by Crippen LogP contribution is 2.40. The van der Waals surface area contributed by atoms with Crippen LogP contribution in [0, 0.1) is 5.41 Å². The predicted octanol–water partition coefficient (Wildman–Crippen LogP) is 1.03. The summed E-state index contributed by atoms with van der Waals surface area (Å²) in [6, 6.07) is -1.32. The number of β-amino-alcohol motifs (C(OH)–C–C–N with tert-alkyl or cyclic N) is 1. The highest BCUT2D eigenvalue weighted by Gasteiger charge is 2.45. The van der Waals surface area contributed by atoms with E-state index in [0.29, 0.717) is 12.3 Å². The number of amides is 2. The Bertz CT molecular complexity index is 1040. The highest BCUT2D eigenvalue weighted by molar-refractivity contribution is 5.90. The second-order valence-corrected chi connectivity index (χ2v) is 10.8. The van der Waals surface area contributed by atoms with Gasteiger partial charge in [-0.3, -0.25) is 9.59 Å². The molecule has 1 unspecified atom stereocenters. The number of hydrogen-bond donors (Lipinski definition) is 2. The van der Waals surface area contributed by atoms with Crippen LogP contribution in [0.1, 0.15) is 69.8 Å². The molecule has 2 aromatic rings. The van der Waals surface area contributed by atoms with Crippen molar-refractivity contribution in [2.24, 2.45) is 5.41 Å². The SMILES string of the molecule is CC(C)(C)[C@H](C(=O)N1C[C@H](O)C[C@H]1C(=O)NC1CCn2cncc2C1)n1cc(C2CC2)nn1. The van der Waals surface area contributed by atoms with Gasteiger partial charge in [-0.1, -0.05) is 26.0 Å². The lowest BCUT2D eigenvalue weighted by atomic mass is 9.85. The average Bonchev–Trinajstić information content (AvgIpc) is 3.13. The minimum absolute atomic E-state index is 0.00813. The average molecular weight is 456 g/mol. The zero-order chi connectivity index (χ0) is 23.3. The Hall–Kier alpha value is -2.75. The van der Waals surface area contributed by atoms with Gasteiger partial charge in [0.15, 0.2) is 0 Å². The van der Waals surface area contributed by atoms with E-state index in [4.69, 9.17) is 0 Å². The molecular formula is C23H33N7O3. The fourth-order valence-electron chi connectivity index (χ4n) is 5.12. The number of nitrogens with one attached hydrogen (secondary N) is 1. The molecule has 4 atom stereocenters. The zero-order valence-electron chi connectivity index (χ0n) is 19.5. The lowest BCUT2D eigenvalue weighted by Crippen LogP contribution is -2.52. The van der Waals surface area contributed by atoms with Gasteiger partial charge in [0, 0.05) is 56.0 Å². The van der Waals surface area contributed by atoms with Gasteiger partial charge in [-0.05, 0) is 24.7 Å². The smallest absolute Gasteiger partial charge is 0.248 e. The van der Waals surface area contributed by atoms with Gasteiger partial charge >= 0.3 is 0 Å². The number of imidazole rings is 1. The molecule has 0 radical (unpaired) electrons. The van der Waals surface area contributed by atoms with Crippen LogP contribution in [0.15, 0.2) is 18.7 Å². The lowest BCUT2D eigenvalue weighted by Gasteiger charge is -2.35. The molecule has 2 amide bonds. The number of fused-ring (bicyclic) bond motifs is 1. The first-order valence-electron chi connectivity index (χ1n) is 11.9. The molecule has 0 bridgehead atoms. The summed E-state index contributed by atoms with van der Waals surface area (Å²) >= 11 is 0. The Kier molecular flexibility index (Phi) is 5.50. The van der Waals surface area contributed by atoms with Crippen LogP contribution in [0.4, 0.5) is 0 Å². The van der Waals surface area contributed by atoms with E-state index in [9.17, 15) is 14.7 Å². The third-order valence-corrected chi connectivity index (χ3v) is 7.03. The number of aromatic nitrogens is 5. The van der Waals surface area contributed by atoms with Crippen molar-refractivity contribution >= 4 is 11.8 Å². The molecule has 178 valence electrons. The topological polar surface area (TPSA) is 118 Å². The number of hydrogen-bond acceptors (Lipinski definition) is 6. The molecule has 0 aromatic carbocycles. The van der Waals surface area contributed by atoms with Gasteiger partial charge in [-0.15, -0.1) is 5.10 Å². The van der Waals surface area contributed by atoms with Crippen molar-refractivity contribution < 1.29 is 14.7 Å². The van der Waals surface area contributed by atoms with Crippen molar-refractivity contribution in [1.82, 2.24) is 34.8 Å². The van der Waals surface area contributed by atoms with Gasteiger partial charge in [-0.2, -0.15) is 0 Å². The lowest BCUT2D eigenvalue weighted by molar-refractivity contribution is -0.144. The summed E-state index contributed by atoms with van der Waals surface area (Å²) in [5.74, 6) is 0.0318. The van der Waals surface area contributed by atoms with E-state index in [0.717, 1.165) is 37.2 Å². The maximum absolute atomic E-state index is 13.8. The van der Waals surface area contributed by atoms with E-state index in [-0.39, 0.29) is 30.8 Å². The van der Waals surface area contributed by atoms with Crippen LogP contribution in [0.3, 0.4) is 0 Å². The quantitative estimate of drug-likeness (QED) is 0.695. The number of aliphatic hydroxyl groups excluding tert-OH is 1. The first kappa shape index (κ1) is 22.1. The Labute approximate surface area is 193 Å². The molecule has 3 aliphatic rings. The van der Waals surface area contributed by atoms with Gasteiger partial charge in [0.25, 0.3) is 0 Å². The Morgan fingerprint density at radius 3 is 2.76 bits per heavy atom. The molecule has 2 aliphatic heterocycles. The minimum Gasteiger partial charge on any atom is -0.391 e. The molecule has 0 spiro atoms. The Morgan fingerprint density at radius 2 is 2.03 bits per heavy atom. The molecule has 1 aliphatic carbocycles. The third kappa shape index (κ3) is 4.40. The van der Waals surface area contributed by atoms with E-state index < -0.39 is 23.6 Å². The van der Waals surface area contributed by atoms with E-state index in [1.807, 2.05) is 39.5 Å². The van der Waals surface area contributed by atoms with Crippen molar-refractivity contribution in [3.05, 3.63) is 30.1 Å². The highest BCUT2D eigenvalue weighted by atomic mass is 16.3. The van der Waals surface area contributed by atoms with E-state index in [1.54, 1.807) is 9.58 Å². The molecule has 1 saturated carbocycles. The number of aryl methyl sites for hydroxylation is 1. The van der Waals surface area contributed by atoms with Crippen LogP contribution in [0.5, 0.6) is 0 Å². The zero-order valence-corrected chi connectivity index (χ0v) is 19.5. The summed E-state index contributed by atoms with van der Waals surface area (Å²) in [6.45, 7) is 6.91. The molecule has 10 heteroatoms. The summed E-state index contributed by atoms with van der Waals surface area (Å²) < 4.78 is 3.75. The van der Waals surface area contributed by atoms with Gasteiger partial charge in [0.1, 0.15) is 12.1 Å². The van der Waals surface area contributed by atoms with E-state index in [1.165, 1.54) is 0 Å². The van der Waals surface area contributed by atoms with Gasteiger partial charge < -0.3 is 19.9 Å². The Balaban J connectivity index is 1.33. The summed E-state index contributed by atoms with van der Waals surface area (Å²) in [4.78, 5) is 32.8. The number of likely N-dealkylation sites (tertiary alicyclic amines) is 1. The van der Waals surface area contributed by atoms with E-state index in [2.05, 4.69) is 25.2 Å². The van der Waals surface area contributed by atoms with Crippen molar-refractivity contribution in [3.8, 4) is 0 Å². The van der Waals surface area contributed by atoms with Crippen molar-refractivity contribution in [2.45, 2.75) is 89.6 Å². The summed E-state index contributed by atoms with van der Waals surface area (Å²) in [5, 5.41) is 22.1. The molecule has 2 fully saturated rings. The van der Waals surface area contributed by atoms with Crippen LogP contribution >= 0.6 is 0 Å². The van der Waals surface area contributed by atoms with Crippen LogP contribution in [-0.2, 0) is 22.6 Å². The maximum Gasteiger partial charge on any atom is 0.248 e. The second kappa shape index (κ2) is 8.23. The second-order valence-electron chi connectivity index (χ2n) is 10.8. The summed E-state index contributed by atoms with van der Waals surface area (Å²) in [5.41, 5.74) is 1.57. The number of carbonyl (C=O) groups excluding carboxylic acids is 2. The van der Waals surface area contributed by atoms with E-state index >= 15 is 0 Å². The maximum atomic E-state index is 13.8. The molecule has 1 saturated heterocycles. The molecular weight excluding hydrogens is 422 g/mol. The van der Waals surface area contributed by atoms with Crippen molar-refractivity contribution in [2.75, 3.05) is 6.54 Å². The normalized spacial score (nSPS) is 26.2. The molecule has 10 nitrogen and oxygen atoms in total. The standard InChI is InChI=1S/C23H33N7O3/c1-23(2,3)20(30-12-18(26-27-30)14-4-5-14)22(33)29-11-17(31)9-19(29)21(32)25-15-6-7-28-13-24-10-16(28)8-15/h10,12-15,17,19-20,31H,4-9,11H2,1-3H3,(H,25,32)/t15?,17-,19+,20+/m1/s1. The third-order valence-electron chi connectivity index (χ3n) is 7.03. The first-order chi connectivity index (χ1) is 15.7. The first-order valence-corrected chi connectivity index (χ1v) is 11.9. The van der Waals surface area contributed by atoms with Crippen LogP contribution in [-0.4, -0.2) is 71.1 Å². The van der Waals surface area contributed by atoms with Crippen molar-refractivity contribution in [1.29, 1.82) is 0 Å². The number of rotatable bonds is 5. The molecule has 2 aromatic heterocycles. The van der Waals surface area contributed by atoms with Gasteiger partial charge in [-0.25, -0.2) is 9.67 Å². The minimum atomic E-state index is -0.726. The monoisotopic (exact) mass is 455 g/mol. The van der Waals surface area contributed by atoms with Gasteiger partial charge in [0.05, 0.1) is 18.1 Å². The van der Waals surface area contributed by atoms with Crippen LogP contribution < -0.4 is 5.32 Å². The number of nitrogens with zero attached hydrogens (tertiary/aromatic N) is 6. The largest absolute Gasteiger partial charge is 0.391 e. The molecule has 33 heavy (non-hydrogen) atoms. The predicted molar refractivity (Wildman–Crippen MR) is 119 cm³/mol. The fraction of sp³-hybridized carbons (Fsp3) is 0.696. The molecule has 2 N–H and O–H groups in total. The fourth-order valence-corrected chi connectivity index (χ4v) is 5.12.